The van der Waals surface area contributed by atoms with Crippen LogP contribution < -0.4 is 4.72 Å². The number of nitrogens with one attached hydrogen (secondary N) is 1. The van der Waals surface area contributed by atoms with Gasteiger partial charge in [0, 0.05) is 26.2 Å². The maximum Gasteiger partial charge on any atom is 0.279 e. The Labute approximate surface area is 104 Å². The maximum absolute atomic E-state index is 12.1. The van der Waals surface area contributed by atoms with Gasteiger partial charge in [-0.3, -0.25) is 0 Å². The van der Waals surface area contributed by atoms with Crippen molar-refractivity contribution in [2.45, 2.75) is 26.2 Å². The van der Waals surface area contributed by atoms with E-state index in [4.69, 9.17) is 4.74 Å². The number of hydrogen-bond acceptors (Lipinski definition) is 3. The molecule has 0 bridgehead atoms. The molecule has 2 fully saturated rings. The zero-order chi connectivity index (χ0) is 12.3. The number of nitrogens with zero attached hydrogens (tertiary/aromatic N) is 1. The Morgan fingerprint density at radius 1 is 1.41 bits per heavy atom. The van der Waals surface area contributed by atoms with E-state index in [1.165, 1.54) is 0 Å². The molecule has 2 saturated heterocycles. The van der Waals surface area contributed by atoms with Gasteiger partial charge < -0.3 is 4.74 Å². The van der Waals surface area contributed by atoms with Gasteiger partial charge in [0.05, 0.1) is 6.61 Å². The van der Waals surface area contributed by atoms with Crippen LogP contribution in [0.15, 0.2) is 0 Å². The third kappa shape index (κ3) is 3.64. The van der Waals surface area contributed by atoms with Crippen molar-refractivity contribution in [1.82, 2.24) is 9.03 Å². The fourth-order valence-corrected chi connectivity index (χ4v) is 3.87. The largest absolute Gasteiger partial charge is 0.381 e. The Bertz CT molecular complexity index is 339. The first-order valence-electron chi connectivity index (χ1n) is 6.40. The highest BCUT2D eigenvalue weighted by Crippen LogP contribution is 2.18. The molecule has 0 aromatic carbocycles. The van der Waals surface area contributed by atoms with E-state index in [1.54, 1.807) is 4.31 Å². The summed E-state index contributed by atoms with van der Waals surface area (Å²) in [5, 5.41) is 0. The smallest absolute Gasteiger partial charge is 0.279 e. The van der Waals surface area contributed by atoms with Gasteiger partial charge in [-0.15, -0.1) is 0 Å². The zero-order valence-electron chi connectivity index (χ0n) is 10.4. The lowest BCUT2D eigenvalue weighted by atomic mass is 10.0. The molecule has 0 amide bonds. The second-order valence-electron chi connectivity index (χ2n) is 5.19. The van der Waals surface area contributed by atoms with E-state index < -0.39 is 10.2 Å². The molecule has 2 rings (SSSR count). The van der Waals surface area contributed by atoms with Gasteiger partial charge >= 0.3 is 0 Å². The third-order valence-electron chi connectivity index (χ3n) is 3.54. The van der Waals surface area contributed by atoms with Gasteiger partial charge in [-0.25, -0.2) is 4.72 Å². The van der Waals surface area contributed by atoms with Crippen LogP contribution >= 0.6 is 0 Å². The van der Waals surface area contributed by atoms with E-state index in [9.17, 15) is 8.42 Å². The van der Waals surface area contributed by atoms with Gasteiger partial charge in [-0.2, -0.15) is 12.7 Å². The summed E-state index contributed by atoms with van der Waals surface area (Å²) in [5.41, 5.74) is 0. The number of ether oxygens (including phenoxy) is 1. The van der Waals surface area contributed by atoms with E-state index in [-0.39, 0.29) is 0 Å². The minimum Gasteiger partial charge on any atom is -0.381 e. The molecule has 0 spiro atoms. The van der Waals surface area contributed by atoms with Crippen LogP contribution in [0.3, 0.4) is 0 Å². The van der Waals surface area contributed by atoms with Crippen molar-refractivity contribution < 1.29 is 13.2 Å². The summed E-state index contributed by atoms with van der Waals surface area (Å²) in [6.45, 7) is 5.35. The van der Waals surface area contributed by atoms with Gasteiger partial charge in [-0.1, -0.05) is 6.92 Å². The monoisotopic (exact) mass is 262 g/mol. The Morgan fingerprint density at radius 2 is 2.24 bits per heavy atom. The number of rotatable bonds is 4. The summed E-state index contributed by atoms with van der Waals surface area (Å²) in [4.78, 5) is 0. The van der Waals surface area contributed by atoms with Gasteiger partial charge in [0.1, 0.15) is 0 Å². The molecule has 1 N–H and O–H groups in total. The van der Waals surface area contributed by atoms with Gasteiger partial charge in [0.25, 0.3) is 10.2 Å². The molecule has 2 atom stereocenters. The molecule has 17 heavy (non-hydrogen) atoms. The molecular formula is C11H22N2O3S. The van der Waals surface area contributed by atoms with Crippen molar-refractivity contribution in [2.24, 2.45) is 11.8 Å². The standard InChI is InChI=1S/C11H22N2O3S/c1-10-3-2-5-13(8-10)17(14,15)12-7-11-4-6-16-9-11/h10-12H,2-9H2,1H3/t10-,11+/m1/s1. The topological polar surface area (TPSA) is 58.6 Å². The van der Waals surface area contributed by atoms with Crippen LogP contribution in [0, 0.1) is 11.8 Å². The molecule has 5 nitrogen and oxygen atoms in total. The Kier molecular flexibility index (Phi) is 4.41. The molecule has 2 aliphatic rings. The van der Waals surface area contributed by atoms with Crippen LogP contribution in [0.2, 0.25) is 0 Å². The molecule has 0 aliphatic carbocycles. The van der Waals surface area contributed by atoms with E-state index in [0.29, 0.717) is 38.1 Å². The van der Waals surface area contributed by atoms with Crippen LogP contribution in [0.5, 0.6) is 0 Å². The Morgan fingerprint density at radius 3 is 2.88 bits per heavy atom. The lowest BCUT2D eigenvalue weighted by Crippen LogP contribution is -2.46. The number of piperidine rings is 1. The molecule has 0 aromatic rings. The van der Waals surface area contributed by atoms with Gasteiger partial charge in [0.15, 0.2) is 0 Å². The normalized spacial score (nSPS) is 31.8. The van der Waals surface area contributed by atoms with Crippen molar-refractivity contribution in [1.29, 1.82) is 0 Å². The van der Waals surface area contributed by atoms with Gasteiger partial charge in [-0.05, 0) is 31.1 Å². The molecule has 0 unspecified atom stereocenters. The summed E-state index contributed by atoms with van der Waals surface area (Å²) in [6, 6.07) is 0. The maximum atomic E-state index is 12.1. The van der Waals surface area contributed by atoms with Crippen LogP contribution in [-0.2, 0) is 14.9 Å². The Balaban J connectivity index is 1.84. The molecule has 0 saturated carbocycles. The van der Waals surface area contributed by atoms with Crippen LogP contribution in [-0.4, -0.2) is 45.6 Å². The SMILES string of the molecule is C[C@@H]1CCCN(S(=O)(=O)NC[C@@H]2CCOC2)C1. The van der Waals surface area contributed by atoms with E-state index in [2.05, 4.69) is 11.6 Å². The lowest BCUT2D eigenvalue weighted by molar-refractivity contribution is 0.186. The van der Waals surface area contributed by atoms with Gasteiger partial charge in [0.2, 0.25) is 0 Å². The summed E-state index contributed by atoms with van der Waals surface area (Å²) < 4.78 is 33.6. The van der Waals surface area contributed by atoms with Crippen LogP contribution in [0.4, 0.5) is 0 Å². The average Bonchev–Trinajstić information content (AvgIpc) is 2.79. The molecule has 2 heterocycles. The van der Waals surface area contributed by atoms with E-state index in [1.807, 2.05) is 0 Å². The fourth-order valence-electron chi connectivity index (χ4n) is 2.42. The van der Waals surface area contributed by atoms with Crippen molar-refractivity contribution in [3.05, 3.63) is 0 Å². The number of hydrogen-bond donors (Lipinski definition) is 1. The van der Waals surface area contributed by atoms with Crippen LogP contribution in [0.25, 0.3) is 0 Å². The van der Waals surface area contributed by atoms with Crippen molar-refractivity contribution >= 4 is 10.2 Å². The molecular weight excluding hydrogens is 240 g/mol. The second-order valence-corrected chi connectivity index (χ2v) is 6.94. The quantitative estimate of drug-likeness (QED) is 0.806. The molecule has 100 valence electrons. The first kappa shape index (κ1) is 13.3. The van der Waals surface area contributed by atoms with Crippen molar-refractivity contribution in [3.63, 3.8) is 0 Å². The predicted molar refractivity (Wildman–Crippen MR) is 65.8 cm³/mol. The highest BCUT2D eigenvalue weighted by Gasteiger charge is 2.27. The molecule has 6 heteroatoms. The first-order chi connectivity index (χ1) is 8.08. The third-order valence-corrected chi connectivity index (χ3v) is 5.08. The van der Waals surface area contributed by atoms with E-state index in [0.717, 1.165) is 25.9 Å². The van der Waals surface area contributed by atoms with E-state index >= 15 is 0 Å². The molecule has 2 aliphatic heterocycles. The fraction of sp³-hybridized carbons (Fsp3) is 1.00. The zero-order valence-corrected chi connectivity index (χ0v) is 11.2. The van der Waals surface area contributed by atoms with Crippen molar-refractivity contribution in [3.8, 4) is 0 Å². The summed E-state index contributed by atoms with van der Waals surface area (Å²) in [7, 11) is -3.28. The predicted octanol–water partition coefficient (Wildman–Crippen LogP) is 0.589. The van der Waals surface area contributed by atoms with Crippen LogP contribution in [0.1, 0.15) is 26.2 Å². The second kappa shape index (κ2) is 5.65. The highest BCUT2D eigenvalue weighted by atomic mass is 32.2. The molecule has 0 aromatic heterocycles. The minimum absolute atomic E-state index is 0.340. The minimum atomic E-state index is -3.28. The van der Waals surface area contributed by atoms with Crippen molar-refractivity contribution in [2.75, 3.05) is 32.8 Å². The first-order valence-corrected chi connectivity index (χ1v) is 7.84. The highest BCUT2D eigenvalue weighted by molar-refractivity contribution is 7.87. The Hall–Kier alpha value is -0.170. The summed E-state index contributed by atoms with van der Waals surface area (Å²) >= 11 is 0. The lowest BCUT2D eigenvalue weighted by Gasteiger charge is -2.30. The summed E-state index contributed by atoms with van der Waals surface area (Å²) in [5.74, 6) is 0.808. The summed E-state index contributed by atoms with van der Waals surface area (Å²) in [6.07, 6.45) is 3.05. The average molecular weight is 262 g/mol. The molecule has 0 radical (unpaired) electrons.